The lowest BCUT2D eigenvalue weighted by Gasteiger charge is -2.09. The van der Waals surface area contributed by atoms with Gasteiger partial charge in [-0.3, -0.25) is 0 Å². The molecule has 6 heteroatoms. The van der Waals surface area contributed by atoms with Gasteiger partial charge in [0, 0.05) is 18.2 Å². The summed E-state index contributed by atoms with van der Waals surface area (Å²) in [7, 11) is 0. The molecule has 0 saturated heterocycles. The van der Waals surface area contributed by atoms with Crippen molar-refractivity contribution in [3.63, 3.8) is 0 Å². The highest BCUT2D eigenvalue weighted by molar-refractivity contribution is 7.80. The van der Waals surface area contributed by atoms with Crippen LogP contribution in [0.4, 0.5) is 0 Å². The number of rotatable bonds is 14. The lowest BCUT2D eigenvalue weighted by molar-refractivity contribution is 0.00971. The van der Waals surface area contributed by atoms with Crippen LogP contribution in [0.3, 0.4) is 0 Å². The molecule has 1 N–H and O–H groups in total. The van der Waals surface area contributed by atoms with Gasteiger partial charge in [0.2, 0.25) is 0 Å². The summed E-state index contributed by atoms with van der Waals surface area (Å²) in [6.45, 7) is 9.15. The van der Waals surface area contributed by atoms with Crippen LogP contribution in [0.5, 0.6) is 5.75 Å². The molecule has 1 aromatic carbocycles. The first-order chi connectivity index (χ1) is 12.7. The van der Waals surface area contributed by atoms with E-state index in [-0.39, 0.29) is 0 Å². The minimum Gasteiger partial charge on any atom is -0.491 e. The Kier molecular flexibility index (Phi) is 14.0. The molecule has 0 heterocycles. The lowest BCUT2D eigenvalue weighted by Crippen LogP contribution is -2.27. The molecule has 5 nitrogen and oxygen atoms in total. The van der Waals surface area contributed by atoms with Gasteiger partial charge in [-0.15, -0.1) is 0 Å². The van der Waals surface area contributed by atoms with E-state index < -0.39 is 0 Å². The second kappa shape index (κ2) is 16.0. The lowest BCUT2D eigenvalue weighted by atomic mass is 10.2. The molecule has 1 rings (SSSR count). The molecule has 0 saturated carbocycles. The predicted molar refractivity (Wildman–Crippen MR) is 108 cm³/mol. The van der Waals surface area contributed by atoms with Crippen LogP contribution in [-0.2, 0) is 14.2 Å². The Morgan fingerprint density at radius 3 is 2.04 bits per heavy atom. The summed E-state index contributed by atoms with van der Waals surface area (Å²) in [5.41, 5.74) is 0.958. The van der Waals surface area contributed by atoms with Gasteiger partial charge in [-0.25, -0.2) is 0 Å². The fraction of sp³-hybridized carbons (Fsp3) is 0.600. The molecule has 0 radical (unpaired) electrons. The monoisotopic (exact) mass is 381 g/mol. The van der Waals surface area contributed by atoms with Crippen molar-refractivity contribution in [3.8, 4) is 17.6 Å². The Balaban J connectivity index is 1.89. The van der Waals surface area contributed by atoms with Crippen LogP contribution in [-0.4, -0.2) is 64.6 Å². The van der Waals surface area contributed by atoms with Crippen molar-refractivity contribution in [1.82, 2.24) is 5.32 Å². The molecule has 0 amide bonds. The van der Waals surface area contributed by atoms with Crippen molar-refractivity contribution < 1.29 is 18.9 Å². The van der Waals surface area contributed by atoms with Gasteiger partial charge in [0.25, 0.3) is 0 Å². The van der Waals surface area contributed by atoms with E-state index in [2.05, 4.69) is 43.6 Å². The molecule has 26 heavy (non-hydrogen) atoms. The predicted octanol–water partition coefficient (Wildman–Crippen LogP) is 2.39. The number of thiol groups is 1. The van der Waals surface area contributed by atoms with Gasteiger partial charge >= 0.3 is 0 Å². The fourth-order valence-electron chi connectivity index (χ4n) is 1.96. The normalized spacial score (nSPS) is 10.6. The highest BCUT2D eigenvalue weighted by atomic mass is 32.1. The first kappa shape index (κ1) is 22.8. The highest BCUT2D eigenvalue weighted by Crippen LogP contribution is 2.11. The van der Waals surface area contributed by atoms with Crippen molar-refractivity contribution >= 4 is 12.6 Å². The maximum Gasteiger partial charge on any atom is 0.119 e. The van der Waals surface area contributed by atoms with Gasteiger partial charge in [-0.2, -0.15) is 12.6 Å². The Hall–Kier alpha value is -1.23. The molecule has 0 aliphatic heterocycles. The van der Waals surface area contributed by atoms with E-state index >= 15 is 0 Å². The molecule has 0 spiro atoms. The topological polar surface area (TPSA) is 49.0 Å². The molecule has 0 fully saturated rings. The molecular weight excluding hydrogens is 350 g/mol. The van der Waals surface area contributed by atoms with Gasteiger partial charge in [-0.05, 0) is 24.3 Å². The average molecular weight is 382 g/mol. The smallest absolute Gasteiger partial charge is 0.119 e. The summed E-state index contributed by atoms with van der Waals surface area (Å²) in [4.78, 5) is 0. The highest BCUT2D eigenvalue weighted by Gasteiger charge is 1.96. The van der Waals surface area contributed by atoms with Crippen LogP contribution in [0.15, 0.2) is 24.3 Å². The summed E-state index contributed by atoms with van der Waals surface area (Å²) in [6, 6.07) is 8.17. The largest absolute Gasteiger partial charge is 0.491 e. The SMILES string of the molecule is CC(C)NCCOCCOCCOCCOc1ccc(C#CCS)cc1. The quantitative estimate of drug-likeness (QED) is 0.294. The van der Waals surface area contributed by atoms with E-state index in [0.29, 0.717) is 58.0 Å². The summed E-state index contributed by atoms with van der Waals surface area (Å²) >= 11 is 4.06. The zero-order valence-electron chi connectivity index (χ0n) is 15.8. The average Bonchev–Trinajstić information content (AvgIpc) is 2.64. The van der Waals surface area contributed by atoms with Crippen LogP contribution < -0.4 is 10.1 Å². The second-order valence-corrected chi connectivity index (χ2v) is 6.09. The van der Waals surface area contributed by atoms with Crippen molar-refractivity contribution in [2.45, 2.75) is 19.9 Å². The Labute approximate surface area is 163 Å². The number of hydrogen-bond donors (Lipinski definition) is 2. The van der Waals surface area contributed by atoms with E-state index in [1.165, 1.54) is 0 Å². The van der Waals surface area contributed by atoms with Crippen LogP contribution in [0.1, 0.15) is 19.4 Å². The first-order valence-electron chi connectivity index (χ1n) is 9.01. The third-order valence-electron chi connectivity index (χ3n) is 3.21. The standard InChI is InChI=1S/C20H31NO4S/c1-18(2)21-9-10-22-11-12-23-13-14-24-15-16-25-20-7-5-19(6-8-20)4-3-17-26/h5-8,18,21,26H,9-17H2,1-2H3. The number of ether oxygens (including phenoxy) is 4. The summed E-state index contributed by atoms with van der Waals surface area (Å²) in [5.74, 6) is 7.29. The third kappa shape index (κ3) is 13.0. The summed E-state index contributed by atoms with van der Waals surface area (Å²) in [5, 5.41) is 3.29. The number of nitrogens with one attached hydrogen (secondary N) is 1. The molecule has 0 aliphatic rings. The van der Waals surface area contributed by atoms with Gasteiger partial charge in [0.15, 0.2) is 0 Å². The Bertz CT molecular complexity index is 511. The minimum atomic E-state index is 0.493. The minimum absolute atomic E-state index is 0.493. The van der Waals surface area contributed by atoms with E-state index in [0.717, 1.165) is 17.9 Å². The van der Waals surface area contributed by atoms with Gasteiger partial charge in [0.1, 0.15) is 12.4 Å². The van der Waals surface area contributed by atoms with E-state index in [9.17, 15) is 0 Å². The molecule has 0 aromatic heterocycles. The van der Waals surface area contributed by atoms with Gasteiger partial charge in [0.05, 0.1) is 45.4 Å². The first-order valence-corrected chi connectivity index (χ1v) is 9.65. The zero-order chi connectivity index (χ0) is 18.9. The van der Waals surface area contributed by atoms with E-state index in [1.807, 2.05) is 24.3 Å². The molecule has 146 valence electrons. The van der Waals surface area contributed by atoms with Crippen molar-refractivity contribution in [2.75, 3.05) is 58.5 Å². The van der Waals surface area contributed by atoms with Crippen molar-refractivity contribution in [2.24, 2.45) is 0 Å². The summed E-state index contributed by atoms with van der Waals surface area (Å²) in [6.07, 6.45) is 0. The third-order valence-corrected chi connectivity index (χ3v) is 3.36. The van der Waals surface area contributed by atoms with Crippen LogP contribution >= 0.6 is 12.6 Å². The van der Waals surface area contributed by atoms with Crippen LogP contribution in [0.2, 0.25) is 0 Å². The van der Waals surface area contributed by atoms with Crippen LogP contribution in [0, 0.1) is 11.8 Å². The number of hydrogen-bond acceptors (Lipinski definition) is 6. The molecular formula is C20H31NO4S. The molecule has 0 aliphatic carbocycles. The van der Waals surface area contributed by atoms with Crippen molar-refractivity contribution in [1.29, 1.82) is 0 Å². The fourth-order valence-corrected chi connectivity index (χ4v) is 2.04. The maximum atomic E-state index is 5.61. The number of benzene rings is 1. The zero-order valence-corrected chi connectivity index (χ0v) is 16.7. The maximum absolute atomic E-state index is 5.61. The van der Waals surface area contributed by atoms with Gasteiger partial charge < -0.3 is 24.3 Å². The molecule has 0 bridgehead atoms. The second-order valence-electron chi connectivity index (χ2n) is 5.78. The van der Waals surface area contributed by atoms with E-state index in [4.69, 9.17) is 18.9 Å². The Morgan fingerprint density at radius 1 is 0.885 bits per heavy atom. The molecule has 1 aromatic rings. The van der Waals surface area contributed by atoms with Crippen LogP contribution in [0.25, 0.3) is 0 Å². The van der Waals surface area contributed by atoms with Gasteiger partial charge in [-0.1, -0.05) is 25.7 Å². The molecule has 0 atom stereocenters. The summed E-state index contributed by atoms with van der Waals surface area (Å²) < 4.78 is 22.0. The molecule has 0 unspecified atom stereocenters. The Morgan fingerprint density at radius 2 is 1.46 bits per heavy atom. The van der Waals surface area contributed by atoms with E-state index in [1.54, 1.807) is 0 Å². The van der Waals surface area contributed by atoms with Crippen molar-refractivity contribution in [3.05, 3.63) is 29.8 Å².